The second kappa shape index (κ2) is 8.87. The third-order valence-corrected chi connectivity index (χ3v) is 5.78. The monoisotopic (exact) mass is 396 g/mol. The second-order valence-electron chi connectivity index (χ2n) is 7.75. The van der Waals surface area contributed by atoms with Gasteiger partial charge >= 0.3 is 0 Å². The topological polar surface area (TPSA) is 46.3 Å². The molecule has 2 N–H and O–H groups in total. The van der Waals surface area contributed by atoms with Crippen LogP contribution in [0.5, 0.6) is 11.5 Å². The minimum Gasteiger partial charge on any atom is -0.496 e. The number of H-pyrrole nitrogens is 1. The molecule has 5 heteroatoms. The second-order valence-corrected chi connectivity index (χ2v) is 7.75. The molecule has 154 valence electrons. The van der Waals surface area contributed by atoms with E-state index in [4.69, 9.17) is 9.47 Å². The van der Waals surface area contributed by atoms with Crippen molar-refractivity contribution in [2.45, 2.75) is 51.2 Å². The van der Waals surface area contributed by atoms with E-state index in [0.717, 1.165) is 72.2 Å². The molecule has 2 heterocycles. The molecule has 0 aliphatic carbocycles. The average molecular weight is 397 g/mol. The number of hydrogen-bond donors (Lipinski definition) is 2. The summed E-state index contributed by atoms with van der Waals surface area (Å²) in [6.45, 7) is 3.15. The Kier molecular flexibility index (Phi) is 6.05. The third-order valence-electron chi connectivity index (χ3n) is 5.78. The molecule has 0 radical (unpaired) electrons. The molecule has 1 aliphatic rings. The van der Waals surface area contributed by atoms with Crippen molar-refractivity contribution in [3.8, 4) is 11.5 Å². The Morgan fingerprint density at radius 3 is 3.00 bits per heavy atom. The van der Waals surface area contributed by atoms with Crippen LogP contribution in [0, 0.1) is 5.82 Å². The van der Waals surface area contributed by atoms with Gasteiger partial charge < -0.3 is 19.8 Å². The van der Waals surface area contributed by atoms with E-state index in [9.17, 15) is 4.39 Å². The normalized spacial score (nSPS) is 18.4. The molecule has 2 aromatic carbocycles. The first-order valence-corrected chi connectivity index (χ1v) is 10.5. The Morgan fingerprint density at radius 1 is 1.28 bits per heavy atom. The number of aromatic nitrogens is 1. The molecule has 2 atom stereocenters. The predicted octanol–water partition coefficient (Wildman–Crippen LogP) is 5.01. The van der Waals surface area contributed by atoms with Crippen molar-refractivity contribution in [2.24, 2.45) is 0 Å². The van der Waals surface area contributed by atoms with Gasteiger partial charge in [-0.15, -0.1) is 0 Å². The molecule has 0 fully saturated rings. The van der Waals surface area contributed by atoms with Crippen LogP contribution in [0.3, 0.4) is 0 Å². The van der Waals surface area contributed by atoms with Crippen LogP contribution >= 0.6 is 0 Å². The molecule has 1 unspecified atom stereocenters. The van der Waals surface area contributed by atoms with Gasteiger partial charge in [0, 0.05) is 28.7 Å². The highest BCUT2D eigenvalue weighted by Gasteiger charge is 2.31. The Morgan fingerprint density at radius 2 is 2.17 bits per heavy atom. The highest BCUT2D eigenvalue weighted by molar-refractivity contribution is 5.83. The van der Waals surface area contributed by atoms with E-state index < -0.39 is 0 Å². The maximum Gasteiger partial charge on any atom is 0.126 e. The fraction of sp³-hybridized carbons (Fsp3) is 0.417. The minimum absolute atomic E-state index is 0.114. The Balaban J connectivity index is 1.46. The standard InChI is InChI=1S/C24H29FN2O2/c1-3-12-26-21-14-19-22(28-2)7-5-8-23(19)29-24(21)9-4-6-16-15-27-20-11-10-17(25)13-18(16)20/h5,7-8,10-11,13,15,21,24,26-27H,3-4,6,9,12,14H2,1-2H3/t21-,24?/m1/s1. The zero-order valence-electron chi connectivity index (χ0n) is 17.1. The SMILES string of the molecule is CCCN[C@@H]1Cc2c(OC)cccc2OC1CCCc1c[nH]c2ccc(F)cc12. The van der Waals surface area contributed by atoms with Crippen LogP contribution < -0.4 is 14.8 Å². The zero-order chi connectivity index (χ0) is 20.2. The number of fused-ring (bicyclic) bond motifs is 2. The van der Waals surface area contributed by atoms with Gasteiger partial charge in [0.1, 0.15) is 23.4 Å². The maximum absolute atomic E-state index is 13.6. The van der Waals surface area contributed by atoms with Crippen molar-refractivity contribution in [3.05, 3.63) is 59.5 Å². The van der Waals surface area contributed by atoms with Crippen LogP contribution in [0.1, 0.15) is 37.3 Å². The summed E-state index contributed by atoms with van der Waals surface area (Å²) in [5.74, 6) is 1.63. The molecule has 4 rings (SSSR count). The maximum atomic E-state index is 13.6. The van der Waals surface area contributed by atoms with E-state index in [1.54, 1.807) is 19.2 Å². The number of hydrogen-bond acceptors (Lipinski definition) is 3. The van der Waals surface area contributed by atoms with E-state index >= 15 is 0 Å². The highest BCUT2D eigenvalue weighted by Crippen LogP contribution is 2.36. The van der Waals surface area contributed by atoms with Crippen molar-refractivity contribution in [1.82, 2.24) is 10.3 Å². The Labute approximate surface area is 171 Å². The number of halogens is 1. The summed E-state index contributed by atoms with van der Waals surface area (Å²) in [7, 11) is 1.71. The summed E-state index contributed by atoms with van der Waals surface area (Å²) in [6, 6.07) is 11.2. The smallest absolute Gasteiger partial charge is 0.126 e. The first-order valence-electron chi connectivity index (χ1n) is 10.5. The van der Waals surface area contributed by atoms with Crippen LogP contribution in [-0.4, -0.2) is 30.8 Å². The van der Waals surface area contributed by atoms with Gasteiger partial charge in [-0.3, -0.25) is 0 Å². The number of aromatic amines is 1. The molecule has 1 aliphatic heterocycles. The van der Waals surface area contributed by atoms with Crippen LogP contribution in [0.4, 0.5) is 4.39 Å². The van der Waals surface area contributed by atoms with Gasteiger partial charge in [0.05, 0.1) is 7.11 Å². The fourth-order valence-electron chi connectivity index (χ4n) is 4.29. The molecule has 0 amide bonds. The van der Waals surface area contributed by atoms with Gasteiger partial charge in [0.2, 0.25) is 0 Å². The summed E-state index contributed by atoms with van der Waals surface area (Å²) in [5, 5.41) is 4.64. The van der Waals surface area contributed by atoms with Gasteiger partial charge in [-0.05, 0) is 74.5 Å². The van der Waals surface area contributed by atoms with E-state index in [1.165, 1.54) is 6.07 Å². The first-order chi connectivity index (χ1) is 14.2. The van der Waals surface area contributed by atoms with E-state index in [0.29, 0.717) is 0 Å². The third kappa shape index (κ3) is 4.25. The van der Waals surface area contributed by atoms with E-state index in [2.05, 4.69) is 17.2 Å². The van der Waals surface area contributed by atoms with Crippen molar-refractivity contribution in [1.29, 1.82) is 0 Å². The lowest BCUT2D eigenvalue weighted by molar-refractivity contribution is 0.121. The fourth-order valence-corrected chi connectivity index (χ4v) is 4.29. The summed E-state index contributed by atoms with van der Waals surface area (Å²) in [4.78, 5) is 3.24. The van der Waals surface area contributed by atoms with Crippen LogP contribution in [0.25, 0.3) is 10.9 Å². The van der Waals surface area contributed by atoms with E-state index in [-0.39, 0.29) is 18.0 Å². The van der Waals surface area contributed by atoms with Crippen molar-refractivity contribution < 1.29 is 13.9 Å². The molecule has 0 bridgehead atoms. The Bertz CT molecular complexity index is 969. The van der Waals surface area contributed by atoms with Gasteiger partial charge in [-0.25, -0.2) is 4.39 Å². The van der Waals surface area contributed by atoms with Gasteiger partial charge in [0.25, 0.3) is 0 Å². The molecular formula is C24H29FN2O2. The quantitative estimate of drug-likeness (QED) is 0.563. The lowest BCUT2D eigenvalue weighted by Crippen LogP contribution is -2.47. The summed E-state index contributed by atoms with van der Waals surface area (Å²) < 4.78 is 25.6. The largest absolute Gasteiger partial charge is 0.496 e. The van der Waals surface area contributed by atoms with E-state index in [1.807, 2.05) is 24.4 Å². The van der Waals surface area contributed by atoms with Gasteiger partial charge in [-0.1, -0.05) is 13.0 Å². The minimum atomic E-state index is -0.191. The number of aryl methyl sites for hydroxylation is 1. The zero-order valence-corrected chi connectivity index (χ0v) is 17.1. The van der Waals surface area contributed by atoms with Gasteiger partial charge in [0.15, 0.2) is 0 Å². The molecular weight excluding hydrogens is 367 g/mol. The van der Waals surface area contributed by atoms with Crippen LogP contribution in [-0.2, 0) is 12.8 Å². The molecule has 0 saturated carbocycles. The highest BCUT2D eigenvalue weighted by atomic mass is 19.1. The van der Waals surface area contributed by atoms with Crippen LogP contribution in [0.2, 0.25) is 0 Å². The first kappa shape index (κ1) is 19.8. The summed E-state index contributed by atoms with van der Waals surface area (Å²) in [5.41, 5.74) is 3.29. The number of rotatable bonds is 8. The van der Waals surface area contributed by atoms with Crippen LogP contribution in [0.15, 0.2) is 42.6 Å². The predicted molar refractivity (Wildman–Crippen MR) is 114 cm³/mol. The number of methoxy groups -OCH3 is 1. The number of ether oxygens (including phenoxy) is 2. The molecule has 0 spiro atoms. The molecule has 1 aromatic heterocycles. The molecule has 0 saturated heterocycles. The molecule has 4 nitrogen and oxygen atoms in total. The van der Waals surface area contributed by atoms with Crippen molar-refractivity contribution >= 4 is 10.9 Å². The molecule has 29 heavy (non-hydrogen) atoms. The lowest BCUT2D eigenvalue weighted by atomic mass is 9.92. The average Bonchev–Trinajstić information content (AvgIpc) is 3.13. The summed E-state index contributed by atoms with van der Waals surface area (Å²) in [6.07, 6.45) is 6.93. The lowest BCUT2D eigenvalue weighted by Gasteiger charge is -2.35. The Hall–Kier alpha value is -2.53. The van der Waals surface area contributed by atoms with Gasteiger partial charge in [-0.2, -0.15) is 0 Å². The van der Waals surface area contributed by atoms with Crippen molar-refractivity contribution in [3.63, 3.8) is 0 Å². The summed E-state index contributed by atoms with van der Waals surface area (Å²) >= 11 is 0. The van der Waals surface area contributed by atoms with Crippen molar-refractivity contribution in [2.75, 3.05) is 13.7 Å². The number of nitrogens with one attached hydrogen (secondary N) is 2. The number of benzene rings is 2. The molecule has 3 aromatic rings.